The molecule has 0 N–H and O–H groups in total. The van der Waals surface area contributed by atoms with Gasteiger partial charge in [0, 0.05) is 16.1 Å². The van der Waals surface area contributed by atoms with E-state index in [-0.39, 0.29) is 17.1 Å². The molecular formula is C19H18ClNO5S. The zero-order valence-electron chi connectivity index (χ0n) is 14.8. The highest BCUT2D eigenvalue weighted by Crippen LogP contribution is 2.34. The third-order valence-corrected chi connectivity index (χ3v) is 5.79. The summed E-state index contributed by atoms with van der Waals surface area (Å²) in [6.07, 6.45) is 1.50. The lowest BCUT2D eigenvalue weighted by Crippen LogP contribution is -2.41. The van der Waals surface area contributed by atoms with Gasteiger partial charge < -0.3 is 14.4 Å². The minimum atomic E-state index is -3.37. The lowest BCUT2D eigenvalue weighted by atomic mass is 10.1. The highest BCUT2D eigenvalue weighted by Gasteiger charge is 2.33. The van der Waals surface area contributed by atoms with Gasteiger partial charge in [0.2, 0.25) is 0 Å². The Kier molecular flexibility index (Phi) is 5.43. The first-order valence-electron chi connectivity index (χ1n) is 8.07. The van der Waals surface area contributed by atoms with Crippen LogP contribution < -0.4 is 14.4 Å². The number of amides is 1. The maximum atomic E-state index is 13.4. The molecule has 0 bridgehead atoms. The number of para-hydroxylation sites is 1. The number of carbonyl (C=O) groups excluding carboxylic acids is 1. The number of ether oxygens (including phenoxy) is 2. The van der Waals surface area contributed by atoms with E-state index < -0.39 is 21.8 Å². The second-order valence-electron chi connectivity index (χ2n) is 5.92. The Morgan fingerprint density at radius 2 is 1.89 bits per heavy atom. The summed E-state index contributed by atoms with van der Waals surface area (Å²) in [5.41, 5.74) is 0.749. The molecule has 1 heterocycles. The number of carbonyl (C=O) groups is 1. The number of methoxy groups -OCH3 is 2. The van der Waals surface area contributed by atoms with Crippen LogP contribution in [0.15, 0.2) is 53.9 Å². The molecule has 3 rings (SSSR count). The largest absolute Gasteiger partial charge is 0.493 e. The molecular weight excluding hydrogens is 390 g/mol. The molecule has 8 heteroatoms. The van der Waals surface area contributed by atoms with Crippen LogP contribution in [0.4, 0.5) is 5.69 Å². The third-order valence-electron chi connectivity index (χ3n) is 4.18. The number of nitrogens with zero attached hydrogens (tertiary/aromatic N) is 1. The summed E-state index contributed by atoms with van der Waals surface area (Å²) in [7, 11) is -0.444. The number of sulfone groups is 1. The Balaban J connectivity index is 2.11. The Labute approximate surface area is 162 Å². The van der Waals surface area contributed by atoms with Gasteiger partial charge in [-0.25, -0.2) is 8.42 Å². The van der Waals surface area contributed by atoms with Gasteiger partial charge in [0.05, 0.1) is 31.6 Å². The van der Waals surface area contributed by atoms with Crippen molar-refractivity contribution in [2.75, 3.05) is 24.9 Å². The Bertz CT molecular complexity index is 1000. The number of halogens is 1. The van der Waals surface area contributed by atoms with Crippen molar-refractivity contribution in [1.82, 2.24) is 0 Å². The van der Waals surface area contributed by atoms with E-state index in [9.17, 15) is 13.2 Å². The smallest absolute Gasteiger partial charge is 0.262 e. The minimum Gasteiger partial charge on any atom is -0.493 e. The molecule has 1 unspecified atom stereocenters. The zero-order chi connectivity index (χ0) is 19.6. The van der Waals surface area contributed by atoms with E-state index in [2.05, 4.69) is 0 Å². The van der Waals surface area contributed by atoms with Crippen molar-refractivity contribution in [3.05, 3.63) is 64.5 Å². The van der Waals surface area contributed by atoms with Crippen LogP contribution in [0.25, 0.3) is 0 Å². The molecule has 1 aliphatic heterocycles. The predicted molar refractivity (Wildman–Crippen MR) is 105 cm³/mol. The fraction of sp³-hybridized carbons (Fsp3) is 0.211. The Morgan fingerprint density at radius 1 is 1.15 bits per heavy atom. The molecule has 2 aromatic carbocycles. The molecule has 0 saturated carbocycles. The Morgan fingerprint density at radius 3 is 2.48 bits per heavy atom. The molecule has 0 fully saturated rings. The predicted octanol–water partition coefficient (Wildman–Crippen LogP) is 3.31. The van der Waals surface area contributed by atoms with E-state index in [0.717, 1.165) is 5.41 Å². The van der Waals surface area contributed by atoms with E-state index in [1.807, 2.05) is 0 Å². The first-order valence-corrected chi connectivity index (χ1v) is 10.2. The van der Waals surface area contributed by atoms with Crippen LogP contribution in [0, 0.1) is 0 Å². The van der Waals surface area contributed by atoms with E-state index in [1.165, 1.54) is 25.2 Å². The molecule has 0 spiro atoms. The van der Waals surface area contributed by atoms with Crippen LogP contribution in [-0.2, 0) is 9.84 Å². The molecule has 27 heavy (non-hydrogen) atoms. The number of anilines is 1. The quantitative estimate of drug-likeness (QED) is 0.760. The molecule has 1 aliphatic rings. The fourth-order valence-corrected chi connectivity index (χ4v) is 4.44. The molecule has 6 nitrogen and oxygen atoms in total. The summed E-state index contributed by atoms with van der Waals surface area (Å²) in [6.45, 7) is 0. The first kappa shape index (κ1) is 19.3. The van der Waals surface area contributed by atoms with E-state index in [4.69, 9.17) is 21.1 Å². The molecule has 142 valence electrons. The Hall–Kier alpha value is -2.51. The van der Waals surface area contributed by atoms with Crippen molar-refractivity contribution >= 4 is 33.0 Å². The standard InChI is InChI=1S/C19H18ClNO5S/c1-25-17-8-4-7-16(18(17)26-2)19(22)21(14-6-3-5-13(20)11-14)15-9-10-27(23,24)12-15/h3-11,15H,12H2,1-2H3. The summed E-state index contributed by atoms with van der Waals surface area (Å²) in [5, 5.41) is 1.57. The van der Waals surface area contributed by atoms with Gasteiger partial charge in [-0.3, -0.25) is 4.79 Å². The first-order chi connectivity index (χ1) is 12.9. The van der Waals surface area contributed by atoms with E-state index in [0.29, 0.717) is 16.5 Å². The average molecular weight is 408 g/mol. The van der Waals surface area contributed by atoms with Crippen LogP contribution in [0.5, 0.6) is 11.5 Å². The second kappa shape index (κ2) is 7.62. The number of hydrogen-bond donors (Lipinski definition) is 0. The van der Waals surface area contributed by atoms with Gasteiger partial charge in [-0.15, -0.1) is 0 Å². The van der Waals surface area contributed by atoms with Gasteiger partial charge in [0.25, 0.3) is 5.91 Å². The lowest BCUT2D eigenvalue weighted by molar-refractivity contribution is 0.0979. The van der Waals surface area contributed by atoms with Gasteiger partial charge in [0.1, 0.15) is 0 Å². The monoisotopic (exact) mass is 407 g/mol. The van der Waals surface area contributed by atoms with Crippen LogP contribution in [0.1, 0.15) is 10.4 Å². The van der Waals surface area contributed by atoms with Crippen LogP contribution in [0.2, 0.25) is 5.02 Å². The molecule has 0 aromatic heterocycles. The van der Waals surface area contributed by atoms with Crippen molar-refractivity contribution in [1.29, 1.82) is 0 Å². The summed E-state index contributed by atoms with van der Waals surface area (Å²) in [6, 6.07) is 11.0. The van der Waals surface area contributed by atoms with Gasteiger partial charge in [-0.05, 0) is 36.4 Å². The van der Waals surface area contributed by atoms with E-state index in [1.54, 1.807) is 42.5 Å². The molecule has 1 amide bonds. The van der Waals surface area contributed by atoms with Crippen LogP contribution in [0.3, 0.4) is 0 Å². The van der Waals surface area contributed by atoms with Gasteiger partial charge in [-0.1, -0.05) is 23.7 Å². The second-order valence-corrected chi connectivity index (χ2v) is 8.29. The summed E-state index contributed by atoms with van der Waals surface area (Å²) < 4.78 is 34.5. The van der Waals surface area contributed by atoms with Gasteiger partial charge in [-0.2, -0.15) is 0 Å². The zero-order valence-corrected chi connectivity index (χ0v) is 16.3. The van der Waals surface area contributed by atoms with Gasteiger partial charge in [0.15, 0.2) is 21.3 Å². The molecule has 0 saturated heterocycles. The van der Waals surface area contributed by atoms with Crippen LogP contribution in [-0.4, -0.2) is 40.3 Å². The highest BCUT2D eigenvalue weighted by atomic mass is 35.5. The van der Waals surface area contributed by atoms with Crippen LogP contribution >= 0.6 is 11.6 Å². The highest BCUT2D eigenvalue weighted by molar-refractivity contribution is 7.94. The molecule has 1 atom stereocenters. The summed E-state index contributed by atoms with van der Waals surface area (Å²) in [5.74, 6) is 0.0722. The van der Waals surface area contributed by atoms with Crippen molar-refractivity contribution in [3.8, 4) is 11.5 Å². The van der Waals surface area contributed by atoms with Crippen molar-refractivity contribution in [3.63, 3.8) is 0 Å². The number of rotatable bonds is 5. The molecule has 0 aliphatic carbocycles. The average Bonchev–Trinajstić information content (AvgIpc) is 3.00. The third kappa shape index (κ3) is 3.94. The molecule has 2 aromatic rings. The lowest BCUT2D eigenvalue weighted by Gasteiger charge is -2.28. The fourth-order valence-electron chi connectivity index (χ4n) is 2.99. The topological polar surface area (TPSA) is 72.9 Å². The van der Waals surface area contributed by atoms with Crippen molar-refractivity contribution in [2.45, 2.75) is 6.04 Å². The normalized spacial score (nSPS) is 17.5. The van der Waals surface area contributed by atoms with Gasteiger partial charge >= 0.3 is 0 Å². The molecule has 0 radical (unpaired) electrons. The van der Waals surface area contributed by atoms with Crippen molar-refractivity contribution in [2.24, 2.45) is 0 Å². The number of hydrogen-bond acceptors (Lipinski definition) is 5. The summed E-state index contributed by atoms with van der Waals surface area (Å²) in [4.78, 5) is 14.8. The number of benzene rings is 2. The maximum Gasteiger partial charge on any atom is 0.262 e. The van der Waals surface area contributed by atoms with E-state index >= 15 is 0 Å². The minimum absolute atomic E-state index is 0.197. The van der Waals surface area contributed by atoms with Crippen molar-refractivity contribution < 1.29 is 22.7 Å². The maximum absolute atomic E-state index is 13.4. The summed E-state index contributed by atoms with van der Waals surface area (Å²) >= 11 is 6.09. The SMILES string of the molecule is COc1cccc(C(=O)N(c2cccc(Cl)c2)C2C=CS(=O)(=O)C2)c1OC.